The van der Waals surface area contributed by atoms with Crippen LogP contribution < -0.4 is 5.32 Å². The van der Waals surface area contributed by atoms with Gasteiger partial charge in [0.1, 0.15) is 0 Å². The third kappa shape index (κ3) is 4.21. The lowest BCUT2D eigenvalue weighted by molar-refractivity contribution is 0.0696. The molecule has 19 heavy (non-hydrogen) atoms. The second-order valence-corrected chi connectivity index (χ2v) is 6.08. The Morgan fingerprint density at radius 3 is 3.00 bits per heavy atom. The molecule has 0 amide bonds. The first kappa shape index (κ1) is 14.3. The summed E-state index contributed by atoms with van der Waals surface area (Å²) in [5, 5.41) is 13.1. The average molecular weight is 280 g/mol. The first-order valence-electron chi connectivity index (χ1n) is 6.63. The Morgan fingerprint density at radius 2 is 2.37 bits per heavy atom. The van der Waals surface area contributed by atoms with Crippen LogP contribution in [-0.4, -0.2) is 33.6 Å². The molecule has 1 heterocycles. The van der Waals surface area contributed by atoms with E-state index >= 15 is 0 Å². The zero-order chi connectivity index (χ0) is 13.7. The van der Waals surface area contributed by atoms with Crippen LogP contribution in [0.15, 0.2) is 18.3 Å². The van der Waals surface area contributed by atoms with Gasteiger partial charge in [-0.15, -0.1) is 0 Å². The summed E-state index contributed by atoms with van der Waals surface area (Å²) in [5.41, 5.74) is 1.14. The minimum atomic E-state index is -0.929. The maximum atomic E-state index is 10.7. The van der Waals surface area contributed by atoms with E-state index in [0.717, 1.165) is 10.9 Å². The largest absolute Gasteiger partial charge is 0.478 e. The zero-order valence-electron chi connectivity index (χ0n) is 11.1. The molecular weight excluding hydrogens is 260 g/mol. The van der Waals surface area contributed by atoms with E-state index in [-0.39, 0.29) is 5.56 Å². The summed E-state index contributed by atoms with van der Waals surface area (Å²) >= 11 is 1.96. The predicted molar refractivity (Wildman–Crippen MR) is 77.6 cm³/mol. The van der Waals surface area contributed by atoms with Crippen molar-refractivity contribution in [1.29, 1.82) is 0 Å². The molecule has 0 bridgehead atoms. The van der Waals surface area contributed by atoms with Crippen molar-refractivity contribution in [1.82, 2.24) is 10.3 Å². The third-order valence-corrected chi connectivity index (χ3v) is 4.70. The van der Waals surface area contributed by atoms with Gasteiger partial charge in [-0.3, -0.25) is 4.98 Å². The molecule has 1 aromatic rings. The maximum Gasteiger partial charge on any atom is 0.337 e. The first-order chi connectivity index (χ1) is 9.19. The highest BCUT2D eigenvalue weighted by Gasteiger charge is 2.20. The van der Waals surface area contributed by atoms with Gasteiger partial charge < -0.3 is 10.4 Å². The van der Waals surface area contributed by atoms with E-state index in [1.165, 1.54) is 31.9 Å². The lowest BCUT2D eigenvalue weighted by atomic mass is 9.95. The number of thioether (sulfide) groups is 1. The number of aromatic nitrogens is 1. The molecule has 1 fully saturated rings. The Labute approximate surface area is 118 Å². The molecule has 0 aliphatic heterocycles. The summed E-state index contributed by atoms with van der Waals surface area (Å²) in [7, 11) is 0. The van der Waals surface area contributed by atoms with Crippen molar-refractivity contribution in [2.45, 2.75) is 43.5 Å². The Bertz CT molecular complexity index is 422. The summed E-state index contributed by atoms with van der Waals surface area (Å²) in [6.07, 6.45) is 8.66. The number of rotatable bonds is 5. The fourth-order valence-corrected chi connectivity index (χ4v) is 3.28. The Kier molecular flexibility index (Phi) is 5.22. The number of aromatic carboxylic acids is 1. The normalized spacial score (nSPS) is 23.2. The van der Waals surface area contributed by atoms with Crippen molar-refractivity contribution in [3.63, 3.8) is 0 Å². The minimum Gasteiger partial charge on any atom is -0.478 e. The highest BCUT2D eigenvalue weighted by molar-refractivity contribution is 7.99. The molecule has 1 saturated carbocycles. The molecule has 104 valence electrons. The number of nitrogens with one attached hydrogen (secondary N) is 1. The van der Waals surface area contributed by atoms with Gasteiger partial charge in [-0.2, -0.15) is 11.8 Å². The fourth-order valence-electron chi connectivity index (χ4n) is 2.45. The maximum absolute atomic E-state index is 10.7. The van der Waals surface area contributed by atoms with Gasteiger partial charge in [-0.05, 0) is 37.7 Å². The van der Waals surface area contributed by atoms with E-state index in [4.69, 9.17) is 5.11 Å². The van der Waals surface area contributed by atoms with Gasteiger partial charge in [-0.25, -0.2) is 4.79 Å². The second kappa shape index (κ2) is 6.91. The molecule has 2 rings (SSSR count). The van der Waals surface area contributed by atoms with Gasteiger partial charge in [0, 0.05) is 24.0 Å². The molecule has 5 heteroatoms. The molecule has 1 aliphatic carbocycles. The van der Waals surface area contributed by atoms with E-state index < -0.39 is 5.97 Å². The molecule has 0 spiro atoms. The molecule has 2 unspecified atom stereocenters. The summed E-state index contributed by atoms with van der Waals surface area (Å²) in [6.45, 7) is 0.714. The van der Waals surface area contributed by atoms with Crippen molar-refractivity contribution in [3.05, 3.63) is 29.6 Å². The van der Waals surface area contributed by atoms with Crippen LogP contribution in [0.25, 0.3) is 0 Å². The van der Waals surface area contributed by atoms with Crippen LogP contribution >= 0.6 is 11.8 Å². The molecule has 1 aliphatic rings. The number of carboxylic acids is 1. The predicted octanol–water partition coefficient (Wildman–Crippen LogP) is 2.54. The average Bonchev–Trinajstić information content (AvgIpc) is 2.46. The van der Waals surface area contributed by atoms with Crippen molar-refractivity contribution in [2.24, 2.45) is 0 Å². The van der Waals surface area contributed by atoms with E-state index in [2.05, 4.69) is 16.6 Å². The third-order valence-electron chi connectivity index (χ3n) is 3.60. The molecule has 0 saturated heterocycles. The molecule has 1 aromatic heterocycles. The van der Waals surface area contributed by atoms with Crippen LogP contribution in [0.3, 0.4) is 0 Å². The molecule has 0 aromatic carbocycles. The molecule has 0 radical (unpaired) electrons. The second-order valence-electron chi connectivity index (χ2n) is 4.95. The van der Waals surface area contributed by atoms with Crippen molar-refractivity contribution >= 4 is 17.7 Å². The van der Waals surface area contributed by atoms with Crippen molar-refractivity contribution < 1.29 is 9.90 Å². The van der Waals surface area contributed by atoms with Gasteiger partial charge in [0.25, 0.3) is 0 Å². The summed E-state index contributed by atoms with van der Waals surface area (Å²) in [5.74, 6) is -0.929. The van der Waals surface area contributed by atoms with Crippen LogP contribution in [-0.2, 0) is 6.54 Å². The monoisotopic (exact) mass is 280 g/mol. The van der Waals surface area contributed by atoms with E-state index in [0.29, 0.717) is 12.6 Å². The van der Waals surface area contributed by atoms with Crippen LogP contribution in [0.4, 0.5) is 0 Å². The number of hydrogen-bond acceptors (Lipinski definition) is 4. The van der Waals surface area contributed by atoms with Crippen molar-refractivity contribution in [3.8, 4) is 0 Å². The molecule has 2 N–H and O–H groups in total. The number of pyridine rings is 1. The highest BCUT2D eigenvalue weighted by atomic mass is 32.2. The fraction of sp³-hybridized carbons (Fsp3) is 0.571. The van der Waals surface area contributed by atoms with Crippen molar-refractivity contribution in [2.75, 3.05) is 6.26 Å². The Morgan fingerprint density at radius 1 is 1.53 bits per heavy atom. The lowest BCUT2D eigenvalue weighted by Gasteiger charge is -2.28. The number of hydrogen-bond donors (Lipinski definition) is 2. The number of carbonyl (C=O) groups is 1. The van der Waals surface area contributed by atoms with E-state index in [1.807, 2.05) is 11.8 Å². The molecule has 2 atom stereocenters. The first-order valence-corrected chi connectivity index (χ1v) is 7.92. The SMILES string of the molecule is CSC1CCCC(NCc2ccc(C(=O)O)cn2)C1. The topological polar surface area (TPSA) is 62.2 Å². The van der Waals surface area contributed by atoms with E-state index in [9.17, 15) is 4.79 Å². The highest BCUT2D eigenvalue weighted by Crippen LogP contribution is 2.26. The quantitative estimate of drug-likeness (QED) is 0.868. The minimum absolute atomic E-state index is 0.240. The van der Waals surface area contributed by atoms with Crippen LogP contribution in [0.2, 0.25) is 0 Å². The van der Waals surface area contributed by atoms with Crippen LogP contribution in [0, 0.1) is 0 Å². The van der Waals surface area contributed by atoms with Gasteiger partial charge >= 0.3 is 5.97 Å². The Balaban J connectivity index is 1.83. The number of nitrogens with zero attached hydrogens (tertiary/aromatic N) is 1. The summed E-state index contributed by atoms with van der Waals surface area (Å²) < 4.78 is 0. The van der Waals surface area contributed by atoms with Gasteiger partial charge in [0.2, 0.25) is 0 Å². The van der Waals surface area contributed by atoms with Crippen LogP contribution in [0.5, 0.6) is 0 Å². The van der Waals surface area contributed by atoms with Gasteiger partial charge in [0.15, 0.2) is 0 Å². The smallest absolute Gasteiger partial charge is 0.337 e. The lowest BCUT2D eigenvalue weighted by Crippen LogP contribution is -2.34. The number of carboxylic acid groups (broad SMARTS) is 1. The van der Waals surface area contributed by atoms with Crippen LogP contribution in [0.1, 0.15) is 41.7 Å². The zero-order valence-corrected chi connectivity index (χ0v) is 11.9. The summed E-state index contributed by atoms with van der Waals surface area (Å²) in [4.78, 5) is 14.9. The summed E-state index contributed by atoms with van der Waals surface area (Å²) in [6, 6.07) is 3.95. The van der Waals surface area contributed by atoms with Gasteiger partial charge in [-0.1, -0.05) is 6.42 Å². The standard InChI is InChI=1S/C14H20N2O2S/c1-19-13-4-2-3-11(7-13)16-9-12-6-5-10(8-15-12)14(17)18/h5-6,8,11,13,16H,2-4,7,9H2,1H3,(H,17,18). The molecule has 4 nitrogen and oxygen atoms in total. The molecular formula is C14H20N2O2S. The van der Waals surface area contributed by atoms with Gasteiger partial charge in [0.05, 0.1) is 11.3 Å². The Hall–Kier alpha value is -1.07. The van der Waals surface area contributed by atoms with E-state index in [1.54, 1.807) is 12.1 Å².